The van der Waals surface area contributed by atoms with Gasteiger partial charge in [0.2, 0.25) is 0 Å². The van der Waals surface area contributed by atoms with Crippen molar-refractivity contribution >= 4 is 11.9 Å². The Hall–Kier alpha value is -3.08. The molecule has 2 N–H and O–H groups in total. The van der Waals surface area contributed by atoms with Crippen LogP contribution < -0.4 is 5.56 Å². The Morgan fingerprint density at radius 3 is 2.50 bits per heavy atom. The lowest BCUT2D eigenvalue weighted by Crippen LogP contribution is -2.13. The molecule has 5 nitrogen and oxygen atoms in total. The van der Waals surface area contributed by atoms with Crippen molar-refractivity contribution in [1.82, 2.24) is 9.78 Å². The van der Waals surface area contributed by atoms with Crippen molar-refractivity contribution in [2.75, 3.05) is 0 Å². The largest absolute Gasteiger partial charge is 0.507 e. The number of aromatic hydroxyl groups is 1. The van der Waals surface area contributed by atoms with Crippen molar-refractivity contribution in [2.24, 2.45) is 4.99 Å². The molecule has 0 radical (unpaired) electrons. The van der Waals surface area contributed by atoms with E-state index in [1.807, 2.05) is 30.3 Å². The van der Waals surface area contributed by atoms with Crippen molar-refractivity contribution < 1.29 is 5.11 Å². The number of aryl methyl sites for hydroxylation is 1. The first-order valence-electron chi connectivity index (χ1n) is 6.86. The summed E-state index contributed by atoms with van der Waals surface area (Å²) in [6, 6.07) is 16.1. The number of phenolic OH excluding ortho intramolecular Hbond substituents is 1. The third kappa shape index (κ3) is 2.56. The highest BCUT2D eigenvalue weighted by Crippen LogP contribution is 2.17. The molecule has 0 amide bonds. The molecule has 0 saturated heterocycles. The number of hydrogen-bond acceptors (Lipinski definition) is 3. The summed E-state index contributed by atoms with van der Waals surface area (Å²) in [6.07, 6.45) is 1.49. The quantitative estimate of drug-likeness (QED) is 0.729. The van der Waals surface area contributed by atoms with Crippen molar-refractivity contribution in [2.45, 2.75) is 6.92 Å². The van der Waals surface area contributed by atoms with Crippen LogP contribution in [0, 0.1) is 6.92 Å². The van der Waals surface area contributed by atoms with E-state index in [0.29, 0.717) is 16.9 Å². The van der Waals surface area contributed by atoms with Crippen LogP contribution in [-0.4, -0.2) is 21.1 Å². The standard InChI is InChI=1S/C17H15N3O2/c1-12-16(18-11-13-7-5-6-10-15(13)21)17(22)20(19-12)14-8-3-2-4-9-14/h2-11,19,21H,1H3. The first-order valence-corrected chi connectivity index (χ1v) is 6.86. The van der Waals surface area contributed by atoms with Gasteiger partial charge >= 0.3 is 0 Å². The second-order valence-electron chi connectivity index (χ2n) is 4.88. The summed E-state index contributed by atoms with van der Waals surface area (Å²) < 4.78 is 1.45. The van der Waals surface area contributed by atoms with Gasteiger partial charge in [-0.25, -0.2) is 9.67 Å². The van der Waals surface area contributed by atoms with Gasteiger partial charge in [-0.2, -0.15) is 0 Å². The van der Waals surface area contributed by atoms with Gasteiger partial charge in [0, 0.05) is 11.8 Å². The van der Waals surface area contributed by atoms with E-state index < -0.39 is 0 Å². The monoisotopic (exact) mass is 293 g/mol. The molecule has 3 aromatic rings. The van der Waals surface area contributed by atoms with Crippen LogP contribution in [0.15, 0.2) is 64.4 Å². The number of nitrogens with one attached hydrogen (secondary N) is 1. The van der Waals surface area contributed by atoms with Gasteiger partial charge < -0.3 is 5.11 Å². The van der Waals surface area contributed by atoms with E-state index >= 15 is 0 Å². The zero-order valence-corrected chi connectivity index (χ0v) is 12.0. The molecule has 2 aromatic carbocycles. The van der Waals surface area contributed by atoms with E-state index in [1.165, 1.54) is 10.9 Å². The molecule has 0 saturated carbocycles. The number of benzene rings is 2. The molecule has 3 rings (SSSR count). The normalized spacial score (nSPS) is 11.1. The van der Waals surface area contributed by atoms with Crippen LogP contribution in [0.25, 0.3) is 5.69 Å². The molecule has 1 aromatic heterocycles. The van der Waals surface area contributed by atoms with Crippen LogP contribution in [0.5, 0.6) is 5.75 Å². The molecule has 22 heavy (non-hydrogen) atoms. The summed E-state index contributed by atoms with van der Waals surface area (Å²) in [5, 5.41) is 12.7. The first kappa shape index (κ1) is 13.9. The predicted octanol–water partition coefficient (Wildman–Crippen LogP) is 2.93. The Labute approximate surface area is 127 Å². The molecule has 0 unspecified atom stereocenters. The second kappa shape index (κ2) is 5.73. The van der Waals surface area contributed by atoms with Gasteiger partial charge in [-0.1, -0.05) is 30.3 Å². The van der Waals surface area contributed by atoms with Gasteiger partial charge in [-0.3, -0.25) is 9.89 Å². The van der Waals surface area contributed by atoms with Gasteiger partial charge in [0.1, 0.15) is 5.75 Å². The molecule has 0 aliphatic rings. The number of aliphatic imine (C=N–C) groups is 1. The molecule has 110 valence electrons. The summed E-state index contributed by atoms with van der Waals surface area (Å²) in [5.74, 6) is 0.128. The van der Waals surface area contributed by atoms with Gasteiger partial charge in [0.25, 0.3) is 5.56 Å². The SMILES string of the molecule is Cc1[nH]n(-c2ccccc2)c(=O)c1N=Cc1ccccc1O. The van der Waals surface area contributed by atoms with E-state index in [2.05, 4.69) is 10.1 Å². The summed E-state index contributed by atoms with van der Waals surface area (Å²) in [6.45, 7) is 1.79. The van der Waals surface area contributed by atoms with Gasteiger partial charge in [0.05, 0.1) is 11.4 Å². The fourth-order valence-electron chi connectivity index (χ4n) is 2.18. The fraction of sp³-hybridized carbons (Fsp3) is 0.0588. The van der Waals surface area contributed by atoms with E-state index in [4.69, 9.17) is 0 Å². The smallest absolute Gasteiger partial charge is 0.297 e. The Kier molecular flexibility index (Phi) is 3.62. The number of para-hydroxylation sites is 2. The highest BCUT2D eigenvalue weighted by molar-refractivity contribution is 5.85. The number of aromatic nitrogens is 2. The molecule has 0 fully saturated rings. The molecule has 0 aliphatic heterocycles. The molecular weight excluding hydrogens is 278 g/mol. The van der Waals surface area contributed by atoms with Crippen LogP contribution >= 0.6 is 0 Å². The topological polar surface area (TPSA) is 70.4 Å². The number of phenols is 1. The number of aromatic amines is 1. The maximum atomic E-state index is 12.5. The van der Waals surface area contributed by atoms with Crippen LogP contribution in [-0.2, 0) is 0 Å². The Balaban J connectivity index is 2.01. The first-order chi connectivity index (χ1) is 10.7. The predicted molar refractivity (Wildman–Crippen MR) is 86.5 cm³/mol. The van der Waals surface area contributed by atoms with Gasteiger partial charge in [-0.15, -0.1) is 0 Å². The zero-order chi connectivity index (χ0) is 15.5. The molecule has 0 aliphatic carbocycles. The van der Waals surface area contributed by atoms with Crippen LogP contribution in [0.2, 0.25) is 0 Å². The third-order valence-electron chi connectivity index (χ3n) is 3.32. The molecule has 5 heteroatoms. The fourth-order valence-corrected chi connectivity index (χ4v) is 2.18. The number of H-pyrrole nitrogens is 1. The summed E-state index contributed by atoms with van der Waals surface area (Å²) in [7, 11) is 0. The maximum Gasteiger partial charge on any atom is 0.297 e. The average molecular weight is 293 g/mol. The van der Waals surface area contributed by atoms with Gasteiger partial charge in [-0.05, 0) is 31.2 Å². The Morgan fingerprint density at radius 1 is 1.09 bits per heavy atom. The Morgan fingerprint density at radius 2 is 1.77 bits per heavy atom. The van der Waals surface area contributed by atoms with Crippen LogP contribution in [0.3, 0.4) is 0 Å². The van der Waals surface area contributed by atoms with Crippen molar-refractivity contribution in [1.29, 1.82) is 0 Å². The van der Waals surface area contributed by atoms with E-state index in [1.54, 1.807) is 31.2 Å². The average Bonchev–Trinajstić information content (AvgIpc) is 2.82. The van der Waals surface area contributed by atoms with E-state index in [0.717, 1.165) is 5.69 Å². The number of nitrogens with zero attached hydrogens (tertiary/aromatic N) is 2. The zero-order valence-electron chi connectivity index (χ0n) is 12.0. The third-order valence-corrected chi connectivity index (χ3v) is 3.32. The van der Waals surface area contributed by atoms with E-state index in [9.17, 15) is 9.90 Å². The molecular formula is C17H15N3O2. The molecule has 0 spiro atoms. The minimum Gasteiger partial charge on any atom is -0.507 e. The lowest BCUT2D eigenvalue weighted by molar-refractivity contribution is 0.474. The lowest BCUT2D eigenvalue weighted by atomic mass is 10.2. The van der Waals surface area contributed by atoms with Crippen molar-refractivity contribution in [3.63, 3.8) is 0 Å². The van der Waals surface area contributed by atoms with Crippen molar-refractivity contribution in [3.8, 4) is 11.4 Å². The van der Waals surface area contributed by atoms with Crippen LogP contribution in [0.4, 0.5) is 5.69 Å². The summed E-state index contributed by atoms with van der Waals surface area (Å²) >= 11 is 0. The molecule has 1 heterocycles. The maximum absolute atomic E-state index is 12.5. The minimum atomic E-state index is -0.227. The minimum absolute atomic E-state index is 0.128. The molecule has 0 bridgehead atoms. The number of rotatable bonds is 3. The lowest BCUT2D eigenvalue weighted by Gasteiger charge is -1.99. The second-order valence-corrected chi connectivity index (χ2v) is 4.88. The van der Waals surface area contributed by atoms with E-state index in [-0.39, 0.29) is 11.3 Å². The summed E-state index contributed by atoms with van der Waals surface area (Å²) in [5.41, 5.74) is 2.08. The van der Waals surface area contributed by atoms with Crippen molar-refractivity contribution in [3.05, 3.63) is 76.2 Å². The summed E-state index contributed by atoms with van der Waals surface area (Å²) in [4.78, 5) is 16.7. The highest BCUT2D eigenvalue weighted by atomic mass is 16.3. The molecule has 0 atom stereocenters. The van der Waals surface area contributed by atoms with Gasteiger partial charge in [0.15, 0.2) is 5.69 Å². The highest BCUT2D eigenvalue weighted by Gasteiger charge is 2.11. The van der Waals surface area contributed by atoms with Crippen LogP contribution in [0.1, 0.15) is 11.3 Å². The number of hydrogen-bond donors (Lipinski definition) is 2. The Bertz CT molecular complexity index is 876.